The standard InChI is InChI=1S/C12H14N2OS2/c1-2-9-5-6-10(16-9)8-17(15)12-11(13)4-3-7-14-12/h3-7H,2,8,13H2,1H3. The molecule has 0 saturated heterocycles. The molecule has 2 N–H and O–H groups in total. The van der Waals surface area contributed by atoms with Crippen LogP contribution in [-0.2, 0) is 23.0 Å². The van der Waals surface area contributed by atoms with Gasteiger partial charge in [-0.3, -0.25) is 4.21 Å². The molecule has 0 bridgehead atoms. The maximum absolute atomic E-state index is 12.1. The van der Waals surface area contributed by atoms with Crippen LogP contribution in [0.4, 0.5) is 5.69 Å². The van der Waals surface area contributed by atoms with Gasteiger partial charge in [-0.15, -0.1) is 11.3 Å². The number of aryl methyl sites for hydroxylation is 1. The highest BCUT2D eigenvalue weighted by Crippen LogP contribution is 2.22. The average molecular weight is 266 g/mol. The van der Waals surface area contributed by atoms with Gasteiger partial charge in [-0.1, -0.05) is 6.92 Å². The number of pyridine rings is 1. The Morgan fingerprint density at radius 1 is 1.35 bits per heavy atom. The summed E-state index contributed by atoms with van der Waals surface area (Å²) in [6.07, 6.45) is 2.64. The first-order valence-corrected chi connectivity index (χ1v) is 7.50. The Hall–Kier alpha value is -1.20. The molecule has 3 nitrogen and oxygen atoms in total. The number of hydrogen-bond acceptors (Lipinski definition) is 4. The fraction of sp³-hybridized carbons (Fsp3) is 0.250. The van der Waals surface area contributed by atoms with E-state index in [4.69, 9.17) is 5.73 Å². The highest BCUT2D eigenvalue weighted by Gasteiger charge is 2.11. The van der Waals surface area contributed by atoms with Gasteiger partial charge in [0, 0.05) is 16.0 Å². The van der Waals surface area contributed by atoms with Crippen molar-refractivity contribution in [2.24, 2.45) is 0 Å². The Morgan fingerprint density at radius 2 is 2.12 bits per heavy atom. The quantitative estimate of drug-likeness (QED) is 0.925. The number of thiophene rings is 1. The molecule has 0 fully saturated rings. The number of nitrogens with zero attached hydrogens (tertiary/aromatic N) is 1. The molecule has 2 rings (SSSR count). The molecule has 0 amide bonds. The van der Waals surface area contributed by atoms with E-state index in [2.05, 4.69) is 18.0 Å². The average Bonchev–Trinajstić information content (AvgIpc) is 2.77. The topological polar surface area (TPSA) is 56.0 Å². The Labute approximate surface area is 107 Å². The number of anilines is 1. The number of hydrogen-bond donors (Lipinski definition) is 1. The molecule has 1 unspecified atom stereocenters. The zero-order valence-electron chi connectivity index (χ0n) is 9.55. The van der Waals surface area contributed by atoms with Gasteiger partial charge < -0.3 is 5.73 Å². The van der Waals surface area contributed by atoms with Crippen molar-refractivity contribution in [1.29, 1.82) is 0 Å². The molecule has 0 saturated carbocycles. The fourth-order valence-electron chi connectivity index (χ4n) is 1.48. The maximum atomic E-state index is 12.1. The van der Waals surface area contributed by atoms with Crippen molar-refractivity contribution in [2.75, 3.05) is 5.73 Å². The fourth-order valence-corrected chi connectivity index (χ4v) is 3.79. The summed E-state index contributed by atoms with van der Waals surface area (Å²) in [6.45, 7) is 2.11. The van der Waals surface area contributed by atoms with Crippen molar-refractivity contribution in [3.8, 4) is 0 Å². The third-order valence-corrected chi connectivity index (χ3v) is 5.11. The molecule has 17 heavy (non-hydrogen) atoms. The number of aromatic nitrogens is 1. The number of nitrogens with two attached hydrogens (primary N) is 1. The van der Waals surface area contributed by atoms with E-state index in [1.54, 1.807) is 29.7 Å². The van der Waals surface area contributed by atoms with Crippen LogP contribution in [0.1, 0.15) is 16.7 Å². The SMILES string of the molecule is CCc1ccc(CS(=O)c2ncccc2N)s1. The largest absolute Gasteiger partial charge is 0.396 e. The Kier molecular flexibility index (Phi) is 3.91. The minimum Gasteiger partial charge on any atom is -0.396 e. The van der Waals surface area contributed by atoms with Crippen molar-refractivity contribution >= 4 is 27.8 Å². The van der Waals surface area contributed by atoms with E-state index in [1.807, 2.05) is 6.07 Å². The van der Waals surface area contributed by atoms with Gasteiger partial charge in [0.25, 0.3) is 0 Å². The van der Waals surface area contributed by atoms with Crippen LogP contribution in [0.15, 0.2) is 35.5 Å². The van der Waals surface area contributed by atoms with Crippen LogP contribution in [0.2, 0.25) is 0 Å². The summed E-state index contributed by atoms with van der Waals surface area (Å²) >= 11 is 1.70. The van der Waals surface area contributed by atoms with Gasteiger partial charge in [0.2, 0.25) is 0 Å². The number of rotatable bonds is 4. The zero-order chi connectivity index (χ0) is 12.3. The summed E-state index contributed by atoms with van der Waals surface area (Å²) in [5.41, 5.74) is 6.25. The van der Waals surface area contributed by atoms with E-state index in [0.717, 1.165) is 11.3 Å². The Bertz CT molecular complexity index is 537. The smallest absolute Gasteiger partial charge is 0.150 e. The van der Waals surface area contributed by atoms with Crippen molar-refractivity contribution < 1.29 is 4.21 Å². The Balaban J connectivity index is 2.14. The van der Waals surface area contributed by atoms with E-state index in [0.29, 0.717) is 16.5 Å². The molecule has 0 aliphatic rings. The third kappa shape index (κ3) is 2.92. The van der Waals surface area contributed by atoms with Crippen LogP contribution in [0.3, 0.4) is 0 Å². The Morgan fingerprint density at radius 3 is 2.76 bits per heavy atom. The van der Waals surface area contributed by atoms with Gasteiger partial charge >= 0.3 is 0 Å². The summed E-state index contributed by atoms with van der Waals surface area (Å²) in [6, 6.07) is 7.59. The second-order valence-electron chi connectivity index (χ2n) is 3.61. The van der Waals surface area contributed by atoms with Gasteiger partial charge in [-0.2, -0.15) is 0 Å². The molecule has 2 aromatic heterocycles. The zero-order valence-corrected chi connectivity index (χ0v) is 11.2. The van der Waals surface area contributed by atoms with Gasteiger partial charge in [0.15, 0.2) is 0 Å². The van der Waals surface area contributed by atoms with Crippen LogP contribution in [0, 0.1) is 0 Å². The summed E-state index contributed by atoms with van der Waals surface area (Å²) in [4.78, 5) is 6.51. The van der Waals surface area contributed by atoms with Crippen LogP contribution in [0.25, 0.3) is 0 Å². The summed E-state index contributed by atoms with van der Waals surface area (Å²) < 4.78 is 12.1. The van der Waals surface area contributed by atoms with Crippen molar-refractivity contribution in [2.45, 2.75) is 24.1 Å². The first-order valence-electron chi connectivity index (χ1n) is 5.37. The van der Waals surface area contributed by atoms with Crippen LogP contribution < -0.4 is 5.73 Å². The molecule has 90 valence electrons. The molecule has 0 spiro atoms. The molecule has 2 aromatic rings. The summed E-state index contributed by atoms with van der Waals surface area (Å²) in [5.74, 6) is 0.492. The molecule has 0 radical (unpaired) electrons. The monoisotopic (exact) mass is 266 g/mol. The summed E-state index contributed by atoms with van der Waals surface area (Å²) in [5, 5.41) is 0.485. The lowest BCUT2D eigenvalue weighted by Gasteiger charge is -2.02. The predicted octanol–water partition coefficient (Wildman–Crippen LogP) is 2.60. The molecule has 0 aliphatic carbocycles. The molecular formula is C12H14N2OS2. The van der Waals surface area contributed by atoms with E-state index in [-0.39, 0.29) is 0 Å². The first kappa shape index (κ1) is 12.3. The molecular weight excluding hydrogens is 252 g/mol. The molecule has 5 heteroatoms. The highest BCUT2D eigenvalue weighted by molar-refractivity contribution is 7.84. The third-order valence-electron chi connectivity index (χ3n) is 2.36. The second-order valence-corrected chi connectivity index (χ2v) is 6.23. The van der Waals surface area contributed by atoms with E-state index < -0.39 is 10.8 Å². The minimum atomic E-state index is -1.16. The molecule has 1 atom stereocenters. The van der Waals surface area contributed by atoms with Gasteiger partial charge in [-0.05, 0) is 30.7 Å². The second kappa shape index (κ2) is 5.42. The maximum Gasteiger partial charge on any atom is 0.150 e. The van der Waals surface area contributed by atoms with Crippen LogP contribution in [-0.4, -0.2) is 9.19 Å². The molecule has 2 heterocycles. The van der Waals surface area contributed by atoms with E-state index in [9.17, 15) is 4.21 Å². The minimum absolute atomic E-state index is 0.485. The molecule has 0 aromatic carbocycles. The lowest BCUT2D eigenvalue weighted by molar-refractivity contribution is 0.680. The lowest BCUT2D eigenvalue weighted by atomic mass is 10.4. The summed E-state index contributed by atoms with van der Waals surface area (Å²) in [7, 11) is -1.16. The normalized spacial score (nSPS) is 12.5. The van der Waals surface area contributed by atoms with Crippen LogP contribution >= 0.6 is 11.3 Å². The first-order chi connectivity index (χ1) is 8.20. The van der Waals surface area contributed by atoms with Crippen LogP contribution in [0.5, 0.6) is 0 Å². The van der Waals surface area contributed by atoms with E-state index >= 15 is 0 Å². The highest BCUT2D eigenvalue weighted by atomic mass is 32.2. The van der Waals surface area contributed by atoms with Gasteiger partial charge in [-0.25, -0.2) is 4.98 Å². The van der Waals surface area contributed by atoms with Crippen molar-refractivity contribution in [1.82, 2.24) is 4.98 Å². The lowest BCUT2D eigenvalue weighted by Crippen LogP contribution is -2.02. The van der Waals surface area contributed by atoms with E-state index in [1.165, 1.54) is 4.88 Å². The molecule has 0 aliphatic heterocycles. The van der Waals surface area contributed by atoms with Crippen molar-refractivity contribution in [3.05, 3.63) is 40.2 Å². The van der Waals surface area contributed by atoms with Gasteiger partial charge in [0.05, 0.1) is 22.2 Å². The predicted molar refractivity (Wildman–Crippen MR) is 72.5 cm³/mol. The van der Waals surface area contributed by atoms with Gasteiger partial charge in [0.1, 0.15) is 5.03 Å². The van der Waals surface area contributed by atoms with Crippen molar-refractivity contribution in [3.63, 3.8) is 0 Å². The number of nitrogen functional groups attached to an aromatic ring is 1.